The average molecular weight is 216 g/mol. The van der Waals surface area contributed by atoms with Crippen LogP contribution < -0.4 is 0 Å². The molecule has 75 valence electrons. The van der Waals surface area contributed by atoms with E-state index >= 15 is 0 Å². The van der Waals surface area contributed by atoms with Crippen LogP contribution in [-0.4, -0.2) is 59.7 Å². The Morgan fingerprint density at radius 2 is 1.80 bits per heavy atom. The molecule has 0 saturated carbocycles. The molecule has 5 nitrogen and oxygen atoms in total. The molecule has 1 radical (unpaired) electrons. The zero-order valence-corrected chi connectivity index (χ0v) is 11.0. The van der Waals surface area contributed by atoms with E-state index in [0.29, 0.717) is 5.69 Å². The Bertz CT molecular complexity index is 349. The van der Waals surface area contributed by atoms with Gasteiger partial charge in [-0.05, 0) is 24.3 Å². The number of aromatic carboxylic acids is 1. The van der Waals surface area contributed by atoms with Crippen molar-refractivity contribution in [1.29, 1.82) is 0 Å². The van der Waals surface area contributed by atoms with Crippen LogP contribution in [0.1, 0.15) is 10.4 Å². The fraction of sp³-hybridized carbons (Fsp3) is 0.222. The van der Waals surface area contributed by atoms with Gasteiger partial charge in [0, 0.05) is 43.7 Å². The maximum Gasteiger partial charge on any atom is 0.335 e. The fourth-order valence-corrected chi connectivity index (χ4v) is 0.812. The minimum absolute atomic E-state index is 0. The maximum absolute atomic E-state index is 10.5. The van der Waals surface area contributed by atoms with Gasteiger partial charge in [0.05, 0.1) is 11.3 Å². The van der Waals surface area contributed by atoms with Gasteiger partial charge in [0.1, 0.15) is 0 Å². The molecule has 6 heteroatoms. The first kappa shape index (κ1) is 14.1. The summed E-state index contributed by atoms with van der Waals surface area (Å²) in [7, 11) is 3.52. The van der Waals surface area contributed by atoms with Gasteiger partial charge in [-0.15, -0.1) is 5.11 Å². The van der Waals surface area contributed by atoms with Gasteiger partial charge < -0.3 is 5.11 Å². The molecular formula is C9H11N3NaO2. The van der Waals surface area contributed by atoms with Crippen LogP contribution in [0.15, 0.2) is 34.6 Å². The Morgan fingerprint density at radius 3 is 2.20 bits per heavy atom. The molecule has 15 heavy (non-hydrogen) atoms. The Labute approximate surface area is 110 Å². The zero-order chi connectivity index (χ0) is 10.6. The van der Waals surface area contributed by atoms with Crippen molar-refractivity contribution in [2.24, 2.45) is 10.3 Å². The van der Waals surface area contributed by atoms with Gasteiger partial charge in [-0.2, -0.15) is 0 Å². The minimum atomic E-state index is -0.943. The molecule has 0 amide bonds. The summed E-state index contributed by atoms with van der Waals surface area (Å²) in [5.41, 5.74) is 0.873. The summed E-state index contributed by atoms with van der Waals surface area (Å²) in [6.07, 6.45) is 0. The van der Waals surface area contributed by atoms with Crippen LogP contribution in [0.25, 0.3) is 0 Å². The number of carboxylic acids is 1. The molecule has 0 fully saturated rings. The van der Waals surface area contributed by atoms with E-state index in [-0.39, 0.29) is 35.1 Å². The first-order valence-corrected chi connectivity index (χ1v) is 4.02. The van der Waals surface area contributed by atoms with Crippen LogP contribution in [0, 0.1) is 0 Å². The summed E-state index contributed by atoms with van der Waals surface area (Å²) in [5.74, 6) is -0.943. The molecule has 0 bridgehead atoms. The standard InChI is InChI=1S/C9H11N3O2.Na/c1-12(2)11-10-8-5-3-7(4-6-8)9(13)14;/h3-6H,1-2H3,(H,13,14);. The summed E-state index contributed by atoms with van der Waals surface area (Å²) >= 11 is 0. The molecule has 0 aliphatic rings. The summed E-state index contributed by atoms with van der Waals surface area (Å²) < 4.78 is 0. The van der Waals surface area contributed by atoms with Crippen molar-refractivity contribution < 1.29 is 9.90 Å². The van der Waals surface area contributed by atoms with Gasteiger partial charge in [0.2, 0.25) is 0 Å². The third-order valence-electron chi connectivity index (χ3n) is 1.45. The van der Waals surface area contributed by atoms with E-state index in [1.165, 1.54) is 12.1 Å². The van der Waals surface area contributed by atoms with E-state index < -0.39 is 5.97 Å². The van der Waals surface area contributed by atoms with E-state index in [1.54, 1.807) is 31.2 Å². The van der Waals surface area contributed by atoms with Gasteiger partial charge in [-0.1, -0.05) is 5.22 Å². The molecule has 1 aromatic rings. The van der Waals surface area contributed by atoms with E-state index in [2.05, 4.69) is 10.3 Å². The molecule has 0 unspecified atom stereocenters. The van der Waals surface area contributed by atoms with E-state index in [0.717, 1.165) is 0 Å². The topological polar surface area (TPSA) is 65.3 Å². The monoisotopic (exact) mass is 216 g/mol. The van der Waals surface area contributed by atoms with Gasteiger partial charge in [0.25, 0.3) is 0 Å². The van der Waals surface area contributed by atoms with Crippen molar-refractivity contribution in [3.05, 3.63) is 29.8 Å². The third kappa shape index (κ3) is 4.92. The van der Waals surface area contributed by atoms with Crippen LogP contribution in [0.5, 0.6) is 0 Å². The van der Waals surface area contributed by atoms with Crippen LogP contribution in [-0.2, 0) is 0 Å². The quantitative estimate of drug-likeness (QED) is 0.473. The summed E-state index contributed by atoms with van der Waals surface area (Å²) in [6.45, 7) is 0. The molecule has 0 aliphatic heterocycles. The van der Waals surface area contributed by atoms with Crippen LogP contribution in [0.2, 0.25) is 0 Å². The zero-order valence-electron chi connectivity index (χ0n) is 9.01. The largest absolute Gasteiger partial charge is 0.478 e. The second kappa shape index (κ2) is 6.55. The van der Waals surface area contributed by atoms with Gasteiger partial charge in [0.15, 0.2) is 0 Å². The molecule has 0 saturated heterocycles. The molecule has 0 spiro atoms. The molecule has 0 aromatic heterocycles. The maximum atomic E-state index is 10.5. The van der Waals surface area contributed by atoms with Crippen molar-refractivity contribution in [3.8, 4) is 0 Å². The van der Waals surface area contributed by atoms with Gasteiger partial charge >= 0.3 is 5.97 Å². The number of benzene rings is 1. The molecule has 0 aliphatic carbocycles. The second-order valence-electron chi connectivity index (χ2n) is 2.89. The Morgan fingerprint density at radius 1 is 1.27 bits per heavy atom. The summed E-state index contributed by atoms with van der Waals surface area (Å²) in [4.78, 5) is 10.5. The average Bonchev–Trinajstić information content (AvgIpc) is 2.15. The number of carbonyl (C=O) groups is 1. The van der Waals surface area contributed by atoms with E-state index in [4.69, 9.17) is 5.11 Å². The number of rotatable bonds is 3. The third-order valence-corrected chi connectivity index (χ3v) is 1.45. The normalized spacial score (nSPS) is 9.73. The van der Waals surface area contributed by atoms with Crippen LogP contribution in [0.3, 0.4) is 0 Å². The van der Waals surface area contributed by atoms with Gasteiger partial charge in [-0.3, -0.25) is 5.01 Å². The van der Waals surface area contributed by atoms with E-state index in [9.17, 15) is 4.79 Å². The Kier molecular flexibility index (Phi) is 6.15. The molecule has 1 N–H and O–H groups in total. The van der Waals surface area contributed by atoms with E-state index in [1.807, 2.05) is 0 Å². The predicted octanol–water partition coefficient (Wildman–Crippen LogP) is 1.56. The first-order valence-electron chi connectivity index (χ1n) is 4.02. The molecule has 1 rings (SSSR count). The van der Waals surface area contributed by atoms with Crippen molar-refractivity contribution in [3.63, 3.8) is 0 Å². The Balaban J connectivity index is 0.00000196. The SMILES string of the molecule is CN(C)N=Nc1ccc(C(=O)O)cc1.[Na]. The number of hydrogen-bond donors (Lipinski definition) is 1. The second-order valence-corrected chi connectivity index (χ2v) is 2.89. The van der Waals surface area contributed by atoms with Crippen molar-refractivity contribution in [1.82, 2.24) is 5.01 Å². The molecule has 0 heterocycles. The minimum Gasteiger partial charge on any atom is -0.478 e. The van der Waals surface area contributed by atoms with Crippen molar-refractivity contribution >= 4 is 41.2 Å². The number of hydrogen-bond acceptors (Lipinski definition) is 3. The smallest absolute Gasteiger partial charge is 0.335 e. The number of carboxylic acid groups (broad SMARTS) is 1. The van der Waals surface area contributed by atoms with Crippen LogP contribution in [0.4, 0.5) is 5.69 Å². The van der Waals surface area contributed by atoms with Crippen molar-refractivity contribution in [2.45, 2.75) is 0 Å². The molecular weight excluding hydrogens is 205 g/mol. The predicted molar refractivity (Wildman–Crippen MR) is 57.4 cm³/mol. The Hall–Kier alpha value is -0.910. The summed E-state index contributed by atoms with van der Waals surface area (Å²) in [6, 6.07) is 6.20. The van der Waals surface area contributed by atoms with Gasteiger partial charge in [-0.25, -0.2) is 4.79 Å². The first-order chi connectivity index (χ1) is 6.59. The molecule has 1 aromatic carbocycles. The summed E-state index contributed by atoms with van der Waals surface area (Å²) in [5, 5.41) is 17.8. The molecule has 0 atom stereocenters. The van der Waals surface area contributed by atoms with Crippen LogP contribution >= 0.6 is 0 Å². The fourth-order valence-electron chi connectivity index (χ4n) is 0.812. The number of nitrogens with zero attached hydrogens (tertiary/aromatic N) is 3. The van der Waals surface area contributed by atoms with Crippen molar-refractivity contribution in [2.75, 3.05) is 14.1 Å².